The first-order chi connectivity index (χ1) is 9.19. The Bertz CT molecular complexity index is 576. The van der Waals surface area contributed by atoms with E-state index < -0.39 is 0 Å². The molecule has 108 valence electrons. The Morgan fingerprint density at radius 3 is 2.90 bits per heavy atom. The van der Waals surface area contributed by atoms with Crippen LogP contribution in [0.3, 0.4) is 0 Å². The second-order valence-corrected chi connectivity index (χ2v) is 5.24. The molecule has 0 unspecified atom stereocenters. The smallest absolute Gasteiger partial charge is 0.227 e. The van der Waals surface area contributed by atoms with E-state index in [1.165, 1.54) is 11.3 Å². The average Bonchev–Trinajstić information content (AvgIpc) is 2.85. The van der Waals surface area contributed by atoms with Crippen molar-refractivity contribution in [3.63, 3.8) is 0 Å². The number of halogens is 2. The maximum Gasteiger partial charge on any atom is 0.227 e. The minimum absolute atomic E-state index is 0. The molecule has 5 nitrogen and oxygen atoms in total. The first kappa shape index (κ1) is 16.8. The van der Waals surface area contributed by atoms with E-state index in [-0.39, 0.29) is 18.3 Å². The van der Waals surface area contributed by atoms with Gasteiger partial charge in [0.25, 0.3) is 0 Å². The third-order valence-electron chi connectivity index (χ3n) is 2.34. The Labute approximate surface area is 132 Å². The largest absolute Gasteiger partial charge is 0.319 e. The van der Waals surface area contributed by atoms with Gasteiger partial charge in [0, 0.05) is 23.6 Å². The Hall–Kier alpha value is -1.21. The highest BCUT2D eigenvalue weighted by molar-refractivity contribution is 7.18. The van der Waals surface area contributed by atoms with E-state index in [1.54, 1.807) is 13.1 Å². The van der Waals surface area contributed by atoms with E-state index in [0.717, 1.165) is 10.6 Å². The molecular formula is C12H14Cl2N4OS. The fraction of sp³-hybridized carbons (Fsp3) is 0.250. The average molecular weight is 333 g/mol. The summed E-state index contributed by atoms with van der Waals surface area (Å²) in [5.74, 6) is -0.0804. The van der Waals surface area contributed by atoms with Crippen molar-refractivity contribution in [1.29, 1.82) is 0 Å². The first-order valence-electron chi connectivity index (χ1n) is 5.73. The molecule has 20 heavy (non-hydrogen) atoms. The molecule has 0 saturated heterocycles. The van der Waals surface area contributed by atoms with Crippen molar-refractivity contribution in [2.24, 2.45) is 0 Å². The number of hydrogen-bond acceptors (Lipinski definition) is 5. The maximum absolute atomic E-state index is 11.5. The minimum atomic E-state index is -0.0804. The summed E-state index contributed by atoms with van der Waals surface area (Å²) < 4.78 is 0. The lowest BCUT2D eigenvalue weighted by Gasteiger charge is -1.99. The van der Waals surface area contributed by atoms with E-state index in [2.05, 4.69) is 20.8 Å². The molecule has 0 fully saturated rings. The van der Waals surface area contributed by atoms with Gasteiger partial charge in [-0.2, -0.15) is 0 Å². The molecule has 8 heteroatoms. The first-order valence-corrected chi connectivity index (χ1v) is 6.92. The summed E-state index contributed by atoms with van der Waals surface area (Å²) in [6.07, 6.45) is 0.405. The molecule has 0 aliphatic heterocycles. The lowest BCUT2D eigenvalue weighted by molar-refractivity contribution is -0.116. The van der Waals surface area contributed by atoms with Crippen LogP contribution in [0.25, 0.3) is 10.6 Å². The molecule has 2 aromatic rings. The molecule has 1 aromatic carbocycles. The van der Waals surface area contributed by atoms with Gasteiger partial charge in [-0.25, -0.2) is 0 Å². The monoisotopic (exact) mass is 332 g/mol. The van der Waals surface area contributed by atoms with Crippen LogP contribution >= 0.6 is 35.3 Å². The fourth-order valence-corrected chi connectivity index (χ4v) is 2.38. The Balaban J connectivity index is 0.00000200. The molecule has 0 spiro atoms. The van der Waals surface area contributed by atoms with Crippen molar-refractivity contribution in [2.75, 3.05) is 18.9 Å². The van der Waals surface area contributed by atoms with Crippen LogP contribution in [0.1, 0.15) is 6.42 Å². The zero-order valence-corrected chi connectivity index (χ0v) is 13.1. The van der Waals surface area contributed by atoms with Crippen LogP contribution in [-0.4, -0.2) is 29.7 Å². The number of amides is 1. The van der Waals surface area contributed by atoms with Crippen molar-refractivity contribution in [3.05, 3.63) is 29.3 Å². The van der Waals surface area contributed by atoms with Crippen molar-refractivity contribution in [1.82, 2.24) is 15.5 Å². The number of nitrogens with zero attached hydrogens (tertiary/aromatic N) is 2. The highest BCUT2D eigenvalue weighted by Crippen LogP contribution is 2.27. The molecule has 0 saturated carbocycles. The van der Waals surface area contributed by atoms with Gasteiger partial charge >= 0.3 is 0 Å². The van der Waals surface area contributed by atoms with Crippen LogP contribution in [0.4, 0.5) is 5.13 Å². The van der Waals surface area contributed by atoms with Crippen LogP contribution in [0.5, 0.6) is 0 Å². The van der Waals surface area contributed by atoms with Crippen LogP contribution in [0.2, 0.25) is 5.02 Å². The number of hydrogen-bond donors (Lipinski definition) is 2. The topological polar surface area (TPSA) is 66.9 Å². The lowest BCUT2D eigenvalue weighted by Crippen LogP contribution is -2.18. The molecule has 0 atom stereocenters. The van der Waals surface area contributed by atoms with Crippen molar-refractivity contribution >= 4 is 46.4 Å². The van der Waals surface area contributed by atoms with E-state index in [4.69, 9.17) is 11.6 Å². The van der Waals surface area contributed by atoms with Crippen LogP contribution in [0, 0.1) is 0 Å². The van der Waals surface area contributed by atoms with Gasteiger partial charge in [0.15, 0.2) is 0 Å². The number of rotatable bonds is 5. The lowest BCUT2D eigenvalue weighted by atomic mass is 10.2. The number of nitrogens with one attached hydrogen (secondary N) is 2. The Morgan fingerprint density at radius 1 is 1.40 bits per heavy atom. The normalized spacial score (nSPS) is 9.90. The number of carbonyl (C=O) groups excluding carboxylic acids is 1. The summed E-state index contributed by atoms with van der Waals surface area (Å²) in [5.41, 5.74) is 0.890. The third-order valence-corrected chi connectivity index (χ3v) is 3.47. The van der Waals surface area contributed by atoms with E-state index in [1.807, 2.05) is 18.2 Å². The minimum Gasteiger partial charge on any atom is -0.319 e. The van der Waals surface area contributed by atoms with Crippen LogP contribution in [0.15, 0.2) is 24.3 Å². The molecule has 1 amide bonds. The van der Waals surface area contributed by atoms with Gasteiger partial charge in [-0.1, -0.05) is 35.1 Å². The molecule has 1 heterocycles. The highest BCUT2D eigenvalue weighted by Gasteiger charge is 2.09. The number of anilines is 1. The van der Waals surface area contributed by atoms with Gasteiger partial charge < -0.3 is 10.6 Å². The summed E-state index contributed by atoms with van der Waals surface area (Å²) >= 11 is 7.25. The molecule has 0 bridgehead atoms. The second-order valence-electron chi connectivity index (χ2n) is 3.82. The summed E-state index contributed by atoms with van der Waals surface area (Å²) in [6, 6.07) is 7.37. The number of benzene rings is 1. The van der Waals surface area contributed by atoms with Crippen molar-refractivity contribution in [2.45, 2.75) is 6.42 Å². The fourth-order valence-electron chi connectivity index (χ4n) is 1.43. The van der Waals surface area contributed by atoms with Gasteiger partial charge in [0.2, 0.25) is 11.0 Å². The van der Waals surface area contributed by atoms with Gasteiger partial charge in [-0.3, -0.25) is 4.79 Å². The van der Waals surface area contributed by atoms with Crippen LogP contribution < -0.4 is 10.6 Å². The van der Waals surface area contributed by atoms with Gasteiger partial charge in [0.1, 0.15) is 5.01 Å². The number of aromatic nitrogens is 2. The molecule has 0 radical (unpaired) electrons. The summed E-state index contributed by atoms with van der Waals surface area (Å²) in [4.78, 5) is 11.5. The van der Waals surface area contributed by atoms with Crippen molar-refractivity contribution < 1.29 is 4.79 Å². The van der Waals surface area contributed by atoms with Gasteiger partial charge in [-0.15, -0.1) is 22.6 Å². The predicted molar refractivity (Wildman–Crippen MR) is 84.8 cm³/mol. The highest BCUT2D eigenvalue weighted by atomic mass is 35.5. The Morgan fingerprint density at radius 2 is 2.20 bits per heavy atom. The van der Waals surface area contributed by atoms with Crippen molar-refractivity contribution in [3.8, 4) is 10.6 Å². The zero-order chi connectivity index (χ0) is 13.7. The molecular weight excluding hydrogens is 319 g/mol. The standard InChI is InChI=1S/C12H13ClN4OS.ClH/c1-14-6-5-10(18)15-12-17-16-11(19-12)8-3-2-4-9(13)7-8;/h2-4,7,14H,5-6H2,1H3,(H,15,17,18);1H. The summed E-state index contributed by atoms with van der Waals surface area (Å²) in [7, 11) is 1.80. The molecule has 2 rings (SSSR count). The Kier molecular flexibility index (Phi) is 6.87. The summed E-state index contributed by atoms with van der Waals surface area (Å²) in [6.45, 7) is 0.631. The third kappa shape index (κ3) is 4.72. The molecule has 0 aliphatic rings. The number of carbonyl (C=O) groups is 1. The van der Waals surface area contributed by atoms with Gasteiger partial charge in [0.05, 0.1) is 0 Å². The predicted octanol–water partition coefficient (Wildman–Crippen LogP) is 2.83. The molecule has 2 N–H and O–H groups in total. The van der Waals surface area contributed by atoms with E-state index in [0.29, 0.717) is 23.1 Å². The van der Waals surface area contributed by atoms with E-state index >= 15 is 0 Å². The molecule has 1 aromatic heterocycles. The zero-order valence-electron chi connectivity index (χ0n) is 10.7. The second kappa shape index (κ2) is 8.16. The quantitative estimate of drug-likeness (QED) is 0.883. The summed E-state index contributed by atoms with van der Waals surface area (Å²) in [5, 5.41) is 15.5. The van der Waals surface area contributed by atoms with E-state index in [9.17, 15) is 4.79 Å². The molecule has 0 aliphatic carbocycles. The SMILES string of the molecule is CNCCC(=O)Nc1nnc(-c2cccc(Cl)c2)s1.Cl. The maximum atomic E-state index is 11.5. The van der Waals surface area contributed by atoms with Crippen LogP contribution in [-0.2, 0) is 4.79 Å². The van der Waals surface area contributed by atoms with Gasteiger partial charge in [-0.05, 0) is 19.2 Å².